The highest BCUT2D eigenvalue weighted by atomic mass is 16.7. The molecule has 1 amide bonds. The van der Waals surface area contributed by atoms with Crippen LogP contribution in [0.4, 0.5) is 0 Å². The summed E-state index contributed by atoms with van der Waals surface area (Å²) in [6, 6.07) is 10.4. The molecule has 0 saturated carbocycles. The van der Waals surface area contributed by atoms with Crippen LogP contribution in [-0.4, -0.2) is 43.9 Å². The van der Waals surface area contributed by atoms with E-state index in [9.17, 15) is 9.59 Å². The molecule has 35 heavy (non-hydrogen) atoms. The van der Waals surface area contributed by atoms with Crippen molar-refractivity contribution in [2.24, 2.45) is 4.99 Å². The van der Waals surface area contributed by atoms with Crippen LogP contribution in [0.3, 0.4) is 0 Å². The highest BCUT2D eigenvalue weighted by Gasteiger charge is 2.36. The third-order valence-electron chi connectivity index (χ3n) is 6.01. The number of benzene rings is 2. The van der Waals surface area contributed by atoms with Crippen molar-refractivity contribution < 1.29 is 28.5 Å². The second kappa shape index (κ2) is 10.0. The van der Waals surface area contributed by atoms with E-state index in [4.69, 9.17) is 18.9 Å². The monoisotopic (exact) mass is 476 g/mol. The minimum absolute atomic E-state index is 0.160. The van der Waals surface area contributed by atoms with Crippen molar-refractivity contribution in [1.29, 1.82) is 0 Å². The molecule has 1 atom stereocenters. The first-order chi connectivity index (χ1) is 16.9. The molecule has 0 aromatic heterocycles. The fraction of sp³-hybridized carbons (Fsp3) is 0.296. The summed E-state index contributed by atoms with van der Waals surface area (Å²) < 4.78 is 21.8. The van der Waals surface area contributed by atoms with E-state index in [1.165, 1.54) is 11.8 Å². The van der Waals surface area contributed by atoms with Gasteiger partial charge in [-0.3, -0.25) is 14.5 Å². The number of amidine groups is 1. The Hall–Kier alpha value is -4.07. The smallest absolute Gasteiger partial charge is 0.231 e. The Labute approximate surface area is 204 Å². The Balaban J connectivity index is 1.72. The molecular formula is C27H28N2O6. The van der Waals surface area contributed by atoms with Gasteiger partial charge in [-0.05, 0) is 50.6 Å². The van der Waals surface area contributed by atoms with Crippen LogP contribution in [0, 0.1) is 0 Å². The van der Waals surface area contributed by atoms with Gasteiger partial charge in [-0.15, -0.1) is 0 Å². The maximum absolute atomic E-state index is 12.7. The van der Waals surface area contributed by atoms with Gasteiger partial charge in [0.15, 0.2) is 17.3 Å². The van der Waals surface area contributed by atoms with E-state index < -0.39 is 6.04 Å². The summed E-state index contributed by atoms with van der Waals surface area (Å²) in [5.41, 5.74) is 3.63. The fourth-order valence-corrected chi connectivity index (χ4v) is 4.43. The first-order valence-corrected chi connectivity index (χ1v) is 11.2. The van der Waals surface area contributed by atoms with Gasteiger partial charge in [0.1, 0.15) is 17.3 Å². The number of hydrogen-bond acceptors (Lipinski definition) is 7. The third-order valence-corrected chi connectivity index (χ3v) is 6.01. The van der Waals surface area contributed by atoms with Gasteiger partial charge in [-0.2, -0.15) is 0 Å². The molecule has 0 N–H and O–H groups in total. The minimum atomic E-state index is -0.670. The number of rotatable bonds is 8. The Morgan fingerprint density at radius 3 is 2.57 bits per heavy atom. The predicted molar refractivity (Wildman–Crippen MR) is 132 cm³/mol. The number of hydrogen-bond donors (Lipinski definition) is 0. The molecule has 0 aliphatic carbocycles. The molecule has 0 bridgehead atoms. The molecule has 182 valence electrons. The van der Waals surface area contributed by atoms with Crippen molar-refractivity contribution in [2.45, 2.75) is 33.2 Å². The number of allylic oxidation sites excluding steroid dienone is 1. The third kappa shape index (κ3) is 4.77. The Kier molecular flexibility index (Phi) is 6.91. The van der Waals surface area contributed by atoms with Gasteiger partial charge in [0.25, 0.3) is 0 Å². The van der Waals surface area contributed by atoms with Crippen LogP contribution in [0.15, 0.2) is 58.2 Å². The largest absolute Gasteiger partial charge is 0.497 e. The fourth-order valence-electron chi connectivity index (χ4n) is 4.43. The lowest BCUT2D eigenvalue weighted by atomic mass is 9.90. The molecule has 8 heteroatoms. The van der Waals surface area contributed by atoms with Crippen LogP contribution in [0.5, 0.6) is 23.0 Å². The van der Waals surface area contributed by atoms with Crippen molar-refractivity contribution in [2.75, 3.05) is 21.0 Å². The van der Waals surface area contributed by atoms with Gasteiger partial charge in [0.05, 0.1) is 20.3 Å². The molecule has 2 heterocycles. The number of aliphatic imine (C=N–C) groups is 1. The maximum atomic E-state index is 12.7. The maximum Gasteiger partial charge on any atom is 0.231 e. The van der Waals surface area contributed by atoms with Gasteiger partial charge < -0.3 is 18.9 Å². The molecule has 8 nitrogen and oxygen atoms in total. The lowest BCUT2D eigenvalue weighted by Crippen LogP contribution is -2.39. The molecule has 0 saturated heterocycles. The van der Waals surface area contributed by atoms with Gasteiger partial charge in [0.2, 0.25) is 13.2 Å². The van der Waals surface area contributed by atoms with E-state index >= 15 is 0 Å². The zero-order valence-corrected chi connectivity index (χ0v) is 20.5. The van der Waals surface area contributed by atoms with Crippen molar-refractivity contribution in [3.05, 3.63) is 64.4 Å². The topological polar surface area (TPSA) is 86.7 Å². The molecule has 2 aromatic rings. The van der Waals surface area contributed by atoms with Gasteiger partial charge in [-0.1, -0.05) is 17.7 Å². The van der Waals surface area contributed by atoms with Crippen molar-refractivity contribution in [1.82, 2.24) is 4.90 Å². The number of methoxy groups -OCH3 is 2. The highest BCUT2D eigenvalue weighted by molar-refractivity contribution is 6.02. The summed E-state index contributed by atoms with van der Waals surface area (Å²) in [4.78, 5) is 31.3. The van der Waals surface area contributed by atoms with Crippen LogP contribution in [0.25, 0.3) is 6.08 Å². The number of Topliss-reactive ketones (excluding diaryl/α,β-unsaturated/α-hetero) is 1. The van der Waals surface area contributed by atoms with Crippen LogP contribution < -0.4 is 18.9 Å². The van der Waals surface area contributed by atoms with Gasteiger partial charge >= 0.3 is 0 Å². The summed E-state index contributed by atoms with van der Waals surface area (Å²) in [7, 11) is 3.11. The van der Waals surface area contributed by atoms with E-state index in [1.807, 2.05) is 37.3 Å². The quantitative estimate of drug-likeness (QED) is 0.514. The molecule has 2 aliphatic heterocycles. The zero-order chi connectivity index (χ0) is 25.1. The number of fused-ring (bicyclic) bond motifs is 1. The highest BCUT2D eigenvalue weighted by Crippen LogP contribution is 2.41. The van der Waals surface area contributed by atoms with E-state index in [2.05, 4.69) is 4.99 Å². The van der Waals surface area contributed by atoms with E-state index in [1.54, 1.807) is 33.3 Å². The summed E-state index contributed by atoms with van der Waals surface area (Å²) in [5, 5.41) is 0. The van der Waals surface area contributed by atoms with Crippen LogP contribution in [0.1, 0.15) is 44.4 Å². The molecule has 0 spiro atoms. The normalized spacial score (nSPS) is 17.3. The van der Waals surface area contributed by atoms with Crippen molar-refractivity contribution in [3.63, 3.8) is 0 Å². The average molecular weight is 477 g/mol. The van der Waals surface area contributed by atoms with Crippen molar-refractivity contribution in [3.8, 4) is 23.0 Å². The van der Waals surface area contributed by atoms with Crippen LogP contribution in [0.2, 0.25) is 0 Å². The second-order valence-corrected chi connectivity index (χ2v) is 8.39. The number of nitrogens with zero attached hydrogens (tertiary/aromatic N) is 2. The Morgan fingerprint density at radius 2 is 1.89 bits per heavy atom. The Morgan fingerprint density at radius 1 is 1.11 bits per heavy atom. The summed E-state index contributed by atoms with van der Waals surface area (Å²) in [6.45, 7) is 5.46. The minimum Gasteiger partial charge on any atom is -0.497 e. The van der Waals surface area contributed by atoms with E-state index in [0.717, 1.165) is 23.3 Å². The standard InChI is InChI=1S/C27H28N2O6/c1-16(10-19-6-9-22-24(12-19)35-15-34-22)11-25-28-17(2)26(18(3)31)27(29(25)14-30)21-8-7-20(32-4)13-23(21)33-5/h6-10,12-14,27H,11,15H2,1-5H3/b16-10-. The molecule has 4 rings (SSSR count). The van der Waals surface area contributed by atoms with Crippen LogP contribution >= 0.6 is 0 Å². The molecule has 0 fully saturated rings. The first kappa shape index (κ1) is 24.1. The second-order valence-electron chi connectivity index (χ2n) is 8.39. The molecule has 2 aliphatic rings. The SMILES string of the molecule is COc1ccc(C2C(C(C)=O)=C(C)N=C(C/C(C)=C\c3ccc4c(c3)OCO4)N2C=O)c(OC)c1. The summed E-state index contributed by atoms with van der Waals surface area (Å²) in [5.74, 6) is 2.93. The Bertz CT molecular complexity index is 1260. The molecule has 0 radical (unpaired) electrons. The number of amides is 1. The van der Waals surface area contributed by atoms with E-state index in [-0.39, 0.29) is 12.6 Å². The molecular weight excluding hydrogens is 448 g/mol. The molecule has 2 aromatic carbocycles. The molecule has 1 unspecified atom stereocenters. The lowest BCUT2D eigenvalue weighted by molar-refractivity contribution is -0.117. The van der Waals surface area contributed by atoms with Crippen molar-refractivity contribution >= 4 is 24.1 Å². The lowest BCUT2D eigenvalue weighted by Gasteiger charge is -2.35. The number of ketones is 1. The summed E-state index contributed by atoms with van der Waals surface area (Å²) in [6.07, 6.45) is 3.14. The predicted octanol–water partition coefficient (Wildman–Crippen LogP) is 4.70. The number of carbonyl (C=O) groups excluding carboxylic acids is 2. The zero-order valence-electron chi connectivity index (χ0n) is 20.5. The van der Waals surface area contributed by atoms with Gasteiger partial charge in [-0.25, -0.2) is 4.99 Å². The first-order valence-electron chi connectivity index (χ1n) is 11.2. The average Bonchev–Trinajstić information content (AvgIpc) is 3.30. The number of carbonyl (C=O) groups is 2. The summed E-state index contributed by atoms with van der Waals surface area (Å²) >= 11 is 0. The van der Waals surface area contributed by atoms with Crippen LogP contribution in [-0.2, 0) is 9.59 Å². The van der Waals surface area contributed by atoms with E-state index in [0.29, 0.717) is 46.3 Å². The number of ether oxygens (including phenoxy) is 4. The van der Waals surface area contributed by atoms with Gasteiger partial charge in [0, 0.05) is 29.3 Å².